The molecule has 27 heavy (non-hydrogen) atoms. The lowest BCUT2D eigenvalue weighted by Gasteiger charge is -2.26. The Morgan fingerprint density at radius 3 is 2.67 bits per heavy atom. The first kappa shape index (κ1) is 19.6. The average Bonchev–Trinajstić information content (AvgIpc) is 3.13. The summed E-state index contributed by atoms with van der Waals surface area (Å²) >= 11 is 1.20. The zero-order chi connectivity index (χ0) is 19.2. The number of carboxylic acid groups (broad SMARTS) is 1. The lowest BCUT2D eigenvalue weighted by Crippen LogP contribution is -2.33. The van der Waals surface area contributed by atoms with Gasteiger partial charge in [0.05, 0.1) is 12.8 Å². The molecule has 1 fully saturated rings. The molecular formula is C20H26N2O4S. The number of rotatable bonds is 8. The number of piperidine rings is 1. The third-order valence-electron chi connectivity index (χ3n) is 4.75. The van der Waals surface area contributed by atoms with E-state index in [1.165, 1.54) is 30.6 Å². The van der Waals surface area contributed by atoms with Gasteiger partial charge in [-0.25, -0.2) is 9.78 Å². The van der Waals surface area contributed by atoms with E-state index < -0.39 is 5.97 Å². The van der Waals surface area contributed by atoms with Gasteiger partial charge in [0.1, 0.15) is 16.5 Å². The number of methoxy groups -OCH3 is 1. The van der Waals surface area contributed by atoms with E-state index in [4.69, 9.17) is 9.47 Å². The van der Waals surface area contributed by atoms with Crippen molar-refractivity contribution in [1.29, 1.82) is 0 Å². The first-order chi connectivity index (χ1) is 13.1. The van der Waals surface area contributed by atoms with Crippen LogP contribution in [-0.4, -0.2) is 54.3 Å². The number of hydrogen-bond donors (Lipinski definition) is 1. The molecule has 0 saturated carbocycles. The molecule has 0 radical (unpaired) electrons. The van der Waals surface area contributed by atoms with Crippen LogP contribution in [0.25, 0.3) is 10.6 Å². The summed E-state index contributed by atoms with van der Waals surface area (Å²) < 4.78 is 11.4. The van der Waals surface area contributed by atoms with Crippen molar-refractivity contribution >= 4 is 17.3 Å². The number of benzene rings is 1. The highest BCUT2D eigenvalue weighted by Crippen LogP contribution is 2.35. The van der Waals surface area contributed by atoms with Gasteiger partial charge in [-0.05, 0) is 50.6 Å². The Bertz CT molecular complexity index is 784. The van der Waals surface area contributed by atoms with Gasteiger partial charge in [0.2, 0.25) is 0 Å². The number of carboxylic acids is 1. The molecule has 3 rings (SSSR count). The highest BCUT2D eigenvalue weighted by atomic mass is 32.1. The van der Waals surface area contributed by atoms with Gasteiger partial charge < -0.3 is 14.6 Å². The highest BCUT2D eigenvalue weighted by Gasteiger charge is 2.18. The SMILES string of the molecule is CCc1nc(-c2ccc(OC)c(OCCN3CCCCC3)c2)sc1C(=O)O. The molecule has 0 atom stereocenters. The summed E-state index contributed by atoms with van der Waals surface area (Å²) in [6.07, 6.45) is 4.43. The molecular weight excluding hydrogens is 364 g/mol. The van der Waals surface area contributed by atoms with Gasteiger partial charge in [0.25, 0.3) is 0 Å². The van der Waals surface area contributed by atoms with Crippen molar-refractivity contribution in [3.05, 3.63) is 28.8 Å². The molecule has 0 unspecified atom stereocenters. The zero-order valence-electron chi connectivity index (χ0n) is 15.9. The van der Waals surface area contributed by atoms with Crippen LogP contribution >= 0.6 is 11.3 Å². The van der Waals surface area contributed by atoms with Crippen molar-refractivity contribution < 1.29 is 19.4 Å². The normalized spacial score (nSPS) is 14.9. The molecule has 1 N–H and O–H groups in total. The first-order valence-electron chi connectivity index (χ1n) is 9.39. The van der Waals surface area contributed by atoms with Gasteiger partial charge in [-0.15, -0.1) is 11.3 Å². The summed E-state index contributed by atoms with van der Waals surface area (Å²) in [5.41, 5.74) is 1.46. The fourth-order valence-corrected chi connectivity index (χ4v) is 4.26. The molecule has 6 nitrogen and oxygen atoms in total. The number of thiazole rings is 1. The van der Waals surface area contributed by atoms with Gasteiger partial charge in [0.15, 0.2) is 11.5 Å². The molecule has 2 aromatic rings. The van der Waals surface area contributed by atoms with Crippen LogP contribution < -0.4 is 9.47 Å². The van der Waals surface area contributed by atoms with E-state index in [0.717, 1.165) is 25.2 Å². The Morgan fingerprint density at radius 1 is 1.26 bits per heavy atom. The van der Waals surface area contributed by atoms with Crippen molar-refractivity contribution in [1.82, 2.24) is 9.88 Å². The molecule has 146 valence electrons. The Hall–Kier alpha value is -2.12. The summed E-state index contributed by atoms with van der Waals surface area (Å²) in [6, 6.07) is 5.62. The van der Waals surface area contributed by atoms with Crippen LogP contribution in [0.2, 0.25) is 0 Å². The standard InChI is InChI=1S/C20H26N2O4S/c1-3-15-18(20(23)24)27-19(21-15)14-7-8-16(25-2)17(13-14)26-12-11-22-9-5-4-6-10-22/h7-8,13H,3-6,9-12H2,1-2H3,(H,23,24). The van der Waals surface area contributed by atoms with Crippen LogP contribution in [0.4, 0.5) is 0 Å². The van der Waals surface area contributed by atoms with Crippen LogP contribution in [-0.2, 0) is 6.42 Å². The predicted molar refractivity (Wildman–Crippen MR) is 106 cm³/mol. The number of likely N-dealkylation sites (tertiary alicyclic amines) is 1. The van der Waals surface area contributed by atoms with Crippen LogP contribution in [0.1, 0.15) is 41.6 Å². The number of ether oxygens (including phenoxy) is 2. The summed E-state index contributed by atoms with van der Waals surface area (Å²) in [6.45, 7) is 5.68. The van der Waals surface area contributed by atoms with E-state index in [1.807, 2.05) is 25.1 Å². The molecule has 0 aliphatic carbocycles. The van der Waals surface area contributed by atoms with Gasteiger partial charge >= 0.3 is 5.97 Å². The largest absolute Gasteiger partial charge is 0.493 e. The zero-order valence-corrected chi connectivity index (χ0v) is 16.7. The maximum atomic E-state index is 11.4. The van der Waals surface area contributed by atoms with Crippen molar-refractivity contribution in [2.75, 3.05) is 33.4 Å². The van der Waals surface area contributed by atoms with Crippen molar-refractivity contribution in [2.45, 2.75) is 32.6 Å². The van der Waals surface area contributed by atoms with E-state index in [9.17, 15) is 9.90 Å². The molecule has 7 heteroatoms. The van der Waals surface area contributed by atoms with Gasteiger partial charge in [-0.1, -0.05) is 13.3 Å². The quantitative estimate of drug-likeness (QED) is 0.736. The van der Waals surface area contributed by atoms with Crippen molar-refractivity contribution in [2.24, 2.45) is 0 Å². The molecule has 1 saturated heterocycles. The minimum Gasteiger partial charge on any atom is -0.493 e. The summed E-state index contributed by atoms with van der Waals surface area (Å²) in [5, 5.41) is 10.0. The number of aromatic carboxylic acids is 1. The number of nitrogens with zero attached hydrogens (tertiary/aromatic N) is 2. The molecule has 0 bridgehead atoms. The molecule has 0 amide bonds. The average molecular weight is 391 g/mol. The van der Waals surface area contributed by atoms with Gasteiger partial charge in [-0.3, -0.25) is 4.90 Å². The molecule has 1 aliphatic rings. The van der Waals surface area contributed by atoms with E-state index >= 15 is 0 Å². The topological polar surface area (TPSA) is 71.9 Å². The maximum absolute atomic E-state index is 11.4. The third kappa shape index (κ3) is 4.78. The first-order valence-corrected chi connectivity index (χ1v) is 10.2. The number of carbonyl (C=O) groups is 1. The minimum atomic E-state index is -0.929. The number of aryl methyl sites for hydroxylation is 1. The second-order valence-electron chi connectivity index (χ2n) is 6.57. The Labute approximate surface area is 163 Å². The van der Waals surface area contributed by atoms with Crippen LogP contribution in [0, 0.1) is 0 Å². The monoisotopic (exact) mass is 390 g/mol. The lowest BCUT2D eigenvalue weighted by atomic mass is 10.1. The van der Waals surface area contributed by atoms with Crippen LogP contribution in [0.3, 0.4) is 0 Å². The van der Waals surface area contributed by atoms with E-state index in [2.05, 4.69) is 9.88 Å². The maximum Gasteiger partial charge on any atom is 0.347 e. The van der Waals surface area contributed by atoms with Crippen LogP contribution in [0.5, 0.6) is 11.5 Å². The summed E-state index contributed by atoms with van der Waals surface area (Å²) in [7, 11) is 1.62. The fraction of sp³-hybridized carbons (Fsp3) is 0.500. The molecule has 0 spiro atoms. The summed E-state index contributed by atoms with van der Waals surface area (Å²) in [5.74, 6) is 0.405. The van der Waals surface area contributed by atoms with E-state index in [-0.39, 0.29) is 0 Å². The van der Waals surface area contributed by atoms with Gasteiger partial charge in [0, 0.05) is 12.1 Å². The molecule has 2 heterocycles. The van der Waals surface area contributed by atoms with E-state index in [0.29, 0.717) is 40.1 Å². The fourth-order valence-electron chi connectivity index (χ4n) is 3.27. The van der Waals surface area contributed by atoms with Crippen LogP contribution in [0.15, 0.2) is 18.2 Å². The molecule has 1 aromatic carbocycles. The highest BCUT2D eigenvalue weighted by molar-refractivity contribution is 7.17. The van der Waals surface area contributed by atoms with Crippen molar-refractivity contribution in [3.63, 3.8) is 0 Å². The second kappa shape index (κ2) is 9.19. The Balaban J connectivity index is 1.75. The predicted octanol–water partition coefficient (Wildman–Crippen LogP) is 3.94. The molecule has 1 aromatic heterocycles. The van der Waals surface area contributed by atoms with E-state index in [1.54, 1.807) is 7.11 Å². The van der Waals surface area contributed by atoms with Crippen molar-refractivity contribution in [3.8, 4) is 22.1 Å². The molecule has 1 aliphatic heterocycles. The minimum absolute atomic E-state index is 0.302. The van der Waals surface area contributed by atoms with Gasteiger partial charge in [-0.2, -0.15) is 0 Å². The number of hydrogen-bond acceptors (Lipinski definition) is 6. The Kier molecular flexibility index (Phi) is 6.68. The second-order valence-corrected chi connectivity index (χ2v) is 7.57. The smallest absolute Gasteiger partial charge is 0.347 e. The third-order valence-corrected chi connectivity index (χ3v) is 5.89. The Morgan fingerprint density at radius 2 is 2.04 bits per heavy atom. The lowest BCUT2D eigenvalue weighted by molar-refractivity contribution is 0.0701. The number of aromatic nitrogens is 1. The summed E-state index contributed by atoms with van der Waals surface area (Å²) in [4.78, 5) is 18.6.